The van der Waals surface area contributed by atoms with Gasteiger partial charge in [0.2, 0.25) is 0 Å². The summed E-state index contributed by atoms with van der Waals surface area (Å²) in [6, 6.07) is 9.83. The van der Waals surface area contributed by atoms with Crippen molar-refractivity contribution in [2.24, 2.45) is 0 Å². The normalized spacial score (nSPS) is 12.3. The molecule has 1 aromatic carbocycles. The molecule has 1 atom stereocenters. The Bertz CT molecular complexity index is 560. The summed E-state index contributed by atoms with van der Waals surface area (Å²) in [6.45, 7) is 4.34. The van der Waals surface area contributed by atoms with Crippen LogP contribution in [0.2, 0.25) is 0 Å². The fourth-order valence-corrected chi connectivity index (χ4v) is 2.36. The first-order valence-corrected chi connectivity index (χ1v) is 6.78. The van der Waals surface area contributed by atoms with E-state index in [9.17, 15) is 4.79 Å². The van der Waals surface area contributed by atoms with E-state index >= 15 is 0 Å². The predicted molar refractivity (Wildman–Crippen MR) is 76.0 cm³/mol. The monoisotopic (exact) mass is 257 g/mol. The Labute approximate surface area is 113 Å². The van der Waals surface area contributed by atoms with E-state index in [0.717, 1.165) is 29.3 Å². The van der Waals surface area contributed by atoms with Crippen molar-refractivity contribution in [3.63, 3.8) is 0 Å². The Balaban J connectivity index is 2.46. The quantitative estimate of drug-likeness (QED) is 0.767. The van der Waals surface area contributed by atoms with Crippen LogP contribution in [0.15, 0.2) is 36.5 Å². The molecule has 0 saturated carbocycles. The van der Waals surface area contributed by atoms with Crippen molar-refractivity contribution in [2.75, 3.05) is 6.61 Å². The Morgan fingerprint density at radius 1 is 1.26 bits per heavy atom. The zero-order chi connectivity index (χ0) is 13.7. The first-order chi connectivity index (χ1) is 9.27. The minimum absolute atomic E-state index is 0.138. The molecular formula is C16H19NO2. The molecule has 100 valence electrons. The van der Waals surface area contributed by atoms with Crippen LogP contribution in [0, 0.1) is 0 Å². The van der Waals surface area contributed by atoms with Crippen molar-refractivity contribution >= 4 is 16.9 Å². The van der Waals surface area contributed by atoms with Gasteiger partial charge in [-0.25, -0.2) is 0 Å². The number of ether oxygens (including phenoxy) is 1. The number of carbonyl (C=O) groups is 1. The summed E-state index contributed by atoms with van der Waals surface area (Å²) in [7, 11) is 0. The topological polar surface area (TPSA) is 39.2 Å². The molecule has 0 saturated heterocycles. The van der Waals surface area contributed by atoms with E-state index in [4.69, 9.17) is 4.74 Å². The molecule has 0 aliphatic rings. The number of rotatable bonds is 5. The maximum absolute atomic E-state index is 12.1. The zero-order valence-electron chi connectivity index (χ0n) is 11.4. The van der Waals surface area contributed by atoms with Gasteiger partial charge < -0.3 is 4.74 Å². The highest BCUT2D eigenvalue weighted by Crippen LogP contribution is 2.29. The third-order valence-corrected chi connectivity index (χ3v) is 3.20. The van der Waals surface area contributed by atoms with Gasteiger partial charge in [-0.3, -0.25) is 9.78 Å². The van der Waals surface area contributed by atoms with Crippen molar-refractivity contribution in [3.05, 3.63) is 42.1 Å². The number of fused-ring (bicyclic) bond motifs is 1. The molecule has 1 aromatic heterocycles. The Morgan fingerprint density at radius 3 is 2.84 bits per heavy atom. The number of hydrogen-bond acceptors (Lipinski definition) is 3. The van der Waals surface area contributed by atoms with Crippen molar-refractivity contribution in [3.8, 4) is 0 Å². The average molecular weight is 257 g/mol. The second-order valence-electron chi connectivity index (χ2n) is 4.51. The predicted octanol–water partition coefficient (Wildman–Crippen LogP) is 3.68. The van der Waals surface area contributed by atoms with Crippen LogP contribution in [0.3, 0.4) is 0 Å². The highest BCUT2D eigenvalue weighted by Gasteiger charge is 2.22. The van der Waals surface area contributed by atoms with Gasteiger partial charge in [0.15, 0.2) is 0 Å². The number of carbonyl (C=O) groups excluding carboxylic acids is 1. The Hall–Kier alpha value is -1.90. The lowest BCUT2D eigenvalue weighted by Gasteiger charge is -2.17. The third-order valence-electron chi connectivity index (χ3n) is 3.20. The highest BCUT2D eigenvalue weighted by molar-refractivity contribution is 5.89. The molecule has 0 bridgehead atoms. The van der Waals surface area contributed by atoms with Crippen LogP contribution in [0.1, 0.15) is 38.2 Å². The van der Waals surface area contributed by atoms with Crippen LogP contribution < -0.4 is 0 Å². The van der Waals surface area contributed by atoms with E-state index in [-0.39, 0.29) is 11.9 Å². The van der Waals surface area contributed by atoms with Crippen LogP contribution in [-0.2, 0) is 9.53 Å². The second-order valence-corrected chi connectivity index (χ2v) is 4.51. The van der Waals surface area contributed by atoms with E-state index in [0.29, 0.717) is 6.61 Å². The molecule has 0 N–H and O–H groups in total. The first-order valence-electron chi connectivity index (χ1n) is 6.78. The molecule has 0 aliphatic heterocycles. The fourth-order valence-electron chi connectivity index (χ4n) is 2.36. The van der Waals surface area contributed by atoms with Crippen LogP contribution in [0.5, 0.6) is 0 Å². The molecule has 0 amide bonds. The summed E-state index contributed by atoms with van der Waals surface area (Å²) in [6.07, 6.45) is 3.51. The lowest BCUT2D eigenvalue weighted by atomic mass is 9.91. The van der Waals surface area contributed by atoms with Crippen LogP contribution in [0.25, 0.3) is 10.9 Å². The van der Waals surface area contributed by atoms with E-state index in [2.05, 4.69) is 11.9 Å². The summed E-state index contributed by atoms with van der Waals surface area (Å²) in [4.78, 5) is 16.5. The molecular weight excluding hydrogens is 238 g/mol. The van der Waals surface area contributed by atoms with Gasteiger partial charge in [0.1, 0.15) is 0 Å². The number of nitrogens with zero attached hydrogens (tertiary/aromatic N) is 1. The van der Waals surface area contributed by atoms with Crippen LogP contribution in [0.4, 0.5) is 0 Å². The minimum atomic E-state index is -0.196. The number of esters is 1. The number of aromatic nitrogens is 1. The van der Waals surface area contributed by atoms with Crippen molar-refractivity contribution in [2.45, 2.75) is 32.6 Å². The smallest absolute Gasteiger partial charge is 0.313 e. The molecule has 19 heavy (non-hydrogen) atoms. The maximum atomic E-state index is 12.1. The Kier molecular flexibility index (Phi) is 4.50. The molecule has 0 radical (unpaired) electrons. The standard InChI is InChI=1S/C16H19NO2/c1-3-7-14(16(18)19-4-2)12-8-5-10-15-13(12)9-6-11-17-15/h5-6,8-11,14H,3-4,7H2,1-2H3. The van der Waals surface area contributed by atoms with Gasteiger partial charge in [-0.1, -0.05) is 31.5 Å². The number of benzene rings is 1. The summed E-state index contributed by atoms with van der Waals surface area (Å²) >= 11 is 0. The average Bonchev–Trinajstić information content (AvgIpc) is 2.44. The van der Waals surface area contributed by atoms with Crippen molar-refractivity contribution < 1.29 is 9.53 Å². The van der Waals surface area contributed by atoms with Gasteiger partial charge in [0.05, 0.1) is 18.0 Å². The van der Waals surface area contributed by atoms with E-state index in [1.807, 2.05) is 37.3 Å². The summed E-state index contributed by atoms with van der Waals surface area (Å²) < 4.78 is 5.20. The van der Waals surface area contributed by atoms with Gasteiger partial charge in [-0.2, -0.15) is 0 Å². The summed E-state index contributed by atoms with van der Waals surface area (Å²) in [5.41, 5.74) is 1.94. The molecule has 0 fully saturated rings. The maximum Gasteiger partial charge on any atom is 0.313 e. The summed E-state index contributed by atoms with van der Waals surface area (Å²) in [5, 5.41) is 1.04. The van der Waals surface area contributed by atoms with E-state index in [1.54, 1.807) is 6.20 Å². The van der Waals surface area contributed by atoms with Gasteiger partial charge in [-0.05, 0) is 31.0 Å². The molecule has 2 aromatic rings. The molecule has 0 spiro atoms. The lowest BCUT2D eigenvalue weighted by molar-refractivity contribution is -0.145. The molecule has 3 heteroatoms. The zero-order valence-corrected chi connectivity index (χ0v) is 11.4. The molecule has 1 heterocycles. The van der Waals surface area contributed by atoms with Crippen molar-refractivity contribution in [1.82, 2.24) is 4.98 Å². The van der Waals surface area contributed by atoms with Gasteiger partial charge in [0, 0.05) is 11.6 Å². The fraction of sp³-hybridized carbons (Fsp3) is 0.375. The van der Waals surface area contributed by atoms with Crippen LogP contribution >= 0.6 is 0 Å². The number of pyridine rings is 1. The molecule has 3 nitrogen and oxygen atoms in total. The van der Waals surface area contributed by atoms with Crippen LogP contribution in [-0.4, -0.2) is 17.6 Å². The Morgan fingerprint density at radius 2 is 2.11 bits per heavy atom. The minimum Gasteiger partial charge on any atom is -0.466 e. The highest BCUT2D eigenvalue weighted by atomic mass is 16.5. The summed E-state index contributed by atoms with van der Waals surface area (Å²) in [5.74, 6) is -0.335. The van der Waals surface area contributed by atoms with Gasteiger partial charge in [0.25, 0.3) is 0 Å². The number of hydrogen-bond donors (Lipinski definition) is 0. The lowest BCUT2D eigenvalue weighted by Crippen LogP contribution is -2.16. The van der Waals surface area contributed by atoms with E-state index in [1.165, 1.54) is 0 Å². The first kappa shape index (κ1) is 13.5. The second kappa shape index (κ2) is 6.32. The van der Waals surface area contributed by atoms with Gasteiger partial charge >= 0.3 is 5.97 Å². The molecule has 0 aliphatic carbocycles. The third kappa shape index (κ3) is 2.92. The van der Waals surface area contributed by atoms with Crippen molar-refractivity contribution in [1.29, 1.82) is 0 Å². The SMILES string of the molecule is CCCC(C(=O)OCC)c1cccc2ncccc12. The largest absolute Gasteiger partial charge is 0.466 e. The molecule has 1 unspecified atom stereocenters. The van der Waals surface area contributed by atoms with Gasteiger partial charge in [-0.15, -0.1) is 0 Å². The molecule has 2 rings (SSSR count). The van der Waals surface area contributed by atoms with E-state index < -0.39 is 0 Å².